The van der Waals surface area contributed by atoms with Crippen LogP contribution in [0.3, 0.4) is 0 Å². The lowest BCUT2D eigenvalue weighted by molar-refractivity contribution is -0.139. The molecule has 1 saturated carbocycles. The topological polar surface area (TPSA) is 64.7 Å². The molecule has 0 bridgehead atoms. The number of anilines is 1. The summed E-state index contributed by atoms with van der Waals surface area (Å²) in [5.74, 6) is -1.22. The van der Waals surface area contributed by atoms with Gasteiger partial charge in [-0.2, -0.15) is 0 Å². The Hall–Kier alpha value is -2.15. The number of nitrogens with one attached hydrogen (secondary N) is 2. The van der Waals surface area contributed by atoms with Crippen LogP contribution in [0.15, 0.2) is 24.3 Å². The average molecular weight is 405 g/mol. The van der Waals surface area contributed by atoms with Crippen LogP contribution < -0.4 is 15.5 Å². The van der Waals surface area contributed by atoms with Gasteiger partial charge in [-0.3, -0.25) is 14.5 Å². The molecule has 0 spiro atoms. The third-order valence-corrected chi connectivity index (χ3v) is 5.90. The second-order valence-electron chi connectivity index (χ2n) is 8.08. The standard InChI is InChI=1S/C22H33FN4O2/c23-18-8-10-20(11-9-18)27-16-14-26(15-17-27)13-5-12-24-21(28)22(29)25-19-6-3-1-2-4-7-19/h8-11,19H,1-7,12-17H2,(H,24,28)(H,25,29). The van der Waals surface area contributed by atoms with Crippen LogP contribution in [0.1, 0.15) is 44.9 Å². The van der Waals surface area contributed by atoms with E-state index in [4.69, 9.17) is 0 Å². The Labute approximate surface area is 172 Å². The maximum atomic E-state index is 13.0. The molecule has 0 unspecified atom stereocenters. The smallest absolute Gasteiger partial charge is 0.309 e. The number of hydrogen-bond donors (Lipinski definition) is 2. The highest BCUT2D eigenvalue weighted by atomic mass is 19.1. The fourth-order valence-corrected chi connectivity index (χ4v) is 4.14. The van der Waals surface area contributed by atoms with Crippen LogP contribution in [0, 0.1) is 5.82 Å². The zero-order valence-electron chi connectivity index (χ0n) is 17.2. The summed E-state index contributed by atoms with van der Waals surface area (Å²) in [5.41, 5.74) is 1.05. The third-order valence-electron chi connectivity index (χ3n) is 5.90. The van der Waals surface area contributed by atoms with Crippen molar-refractivity contribution in [2.45, 2.75) is 51.0 Å². The Bertz CT molecular complexity index is 651. The quantitative estimate of drug-likeness (QED) is 0.434. The first kappa shape index (κ1) is 21.6. The molecule has 1 aromatic rings. The number of carbonyl (C=O) groups excluding carboxylic acids is 2. The molecule has 2 fully saturated rings. The summed E-state index contributed by atoms with van der Waals surface area (Å²) in [6.45, 7) is 5.08. The van der Waals surface area contributed by atoms with Gasteiger partial charge in [0.2, 0.25) is 0 Å². The fraction of sp³-hybridized carbons (Fsp3) is 0.636. The van der Waals surface area contributed by atoms with Crippen LogP contribution in [0.25, 0.3) is 0 Å². The van der Waals surface area contributed by atoms with Gasteiger partial charge >= 0.3 is 11.8 Å². The van der Waals surface area contributed by atoms with Crippen LogP contribution in [0.2, 0.25) is 0 Å². The Kier molecular flexibility index (Phi) is 8.28. The van der Waals surface area contributed by atoms with Crippen molar-refractivity contribution in [2.75, 3.05) is 44.2 Å². The molecular weight excluding hydrogens is 371 g/mol. The van der Waals surface area contributed by atoms with Crippen molar-refractivity contribution in [1.82, 2.24) is 15.5 Å². The predicted molar refractivity (Wildman–Crippen MR) is 112 cm³/mol. The van der Waals surface area contributed by atoms with Crippen molar-refractivity contribution in [3.63, 3.8) is 0 Å². The van der Waals surface area contributed by atoms with Gasteiger partial charge in [0.1, 0.15) is 5.82 Å². The number of carbonyl (C=O) groups is 2. The van der Waals surface area contributed by atoms with Crippen molar-refractivity contribution in [3.05, 3.63) is 30.1 Å². The zero-order chi connectivity index (χ0) is 20.5. The lowest BCUT2D eigenvalue weighted by Crippen LogP contribution is -2.47. The number of hydrogen-bond acceptors (Lipinski definition) is 4. The van der Waals surface area contributed by atoms with Crippen molar-refractivity contribution < 1.29 is 14.0 Å². The van der Waals surface area contributed by atoms with E-state index in [1.165, 1.54) is 25.0 Å². The molecule has 1 aliphatic carbocycles. The van der Waals surface area contributed by atoms with E-state index in [9.17, 15) is 14.0 Å². The highest BCUT2D eigenvalue weighted by Crippen LogP contribution is 2.18. The van der Waals surface area contributed by atoms with Gasteiger partial charge in [0, 0.05) is 44.5 Å². The monoisotopic (exact) mass is 404 g/mol. The molecule has 0 atom stereocenters. The predicted octanol–water partition coefficient (Wildman–Crippen LogP) is 2.29. The van der Waals surface area contributed by atoms with Gasteiger partial charge in [-0.1, -0.05) is 25.7 Å². The number of halogens is 1. The summed E-state index contributed by atoms with van der Waals surface area (Å²) in [6.07, 6.45) is 7.46. The van der Waals surface area contributed by atoms with E-state index in [0.29, 0.717) is 6.54 Å². The van der Waals surface area contributed by atoms with E-state index in [-0.39, 0.29) is 11.9 Å². The van der Waals surface area contributed by atoms with Crippen LogP contribution in [-0.4, -0.2) is 62.0 Å². The molecule has 1 saturated heterocycles. The minimum atomic E-state index is -0.518. The van der Waals surface area contributed by atoms with E-state index in [0.717, 1.165) is 70.5 Å². The Morgan fingerprint density at radius 3 is 2.24 bits per heavy atom. The number of rotatable bonds is 6. The normalized spacial score (nSPS) is 18.9. The Morgan fingerprint density at radius 2 is 1.59 bits per heavy atom. The van der Waals surface area contributed by atoms with Crippen LogP contribution in [-0.2, 0) is 9.59 Å². The molecule has 1 heterocycles. The summed E-state index contributed by atoms with van der Waals surface area (Å²) in [5, 5.41) is 5.63. The van der Waals surface area contributed by atoms with Crippen molar-refractivity contribution in [1.29, 1.82) is 0 Å². The number of amides is 2. The minimum absolute atomic E-state index is 0.146. The molecule has 7 heteroatoms. The summed E-state index contributed by atoms with van der Waals surface area (Å²) in [4.78, 5) is 28.7. The van der Waals surface area contributed by atoms with Gasteiger partial charge in [0.05, 0.1) is 0 Å². The van der Waals surface area contributed by atoms with E-state index in [1.807, 2.05) is 12.1 Å². The molecule has 1 aromatic carbocycles. The van der Waals surface area contributed by atoms with E-state index < -0.39 is 11.8 Å². The third kappa shape index (κ3) is 6.99. The van der Waals surface area contributed by atoms with E-state index in [1.54, 1.807) is 0 Å². The first-order valence-corrected chi connectivity index (χ1v) is 10.9. The number of piperazine rings is 1. The summed E-state index contributed by atoms with van der Waals surface area (Å²) in [7, 11) is 0. The first-order chi connectivity index (χ1) is 14.1. The van der Waals surface area contributed by atoms with Crippen LogP contribution in [0.4, 0.5) is 10.1 Å². The Morgan fingerprint density at radius 1 is 0.931 bits per heavy atom. The van der Waals surface area contributed by atoms with E-state index in [2.05, 4.69) is 20.4 Å². The minimum Gasteiger partial charge on any atom is -0.369 e. The lowest BCUT2D eigenvalue weighted by Gasteiger charge is -2.36. The van der Waals surface area contributed by atoms with Gasteiger partial charge < -0.3 is 15.5 Å². The average Bonchev–Trinajstić information content (AvgIpc) is 3.01. The largest absolute Gasteiger partial charge is 0.369 e. The first-order valence-electron chi connectivity index (χ1n) is 10.9. The van der Waals surface area contributed by atoms with Crippen molar-refractivity contribution >= 4 is 17.5 Å². The van der Waals surface area contributed by atoms with Crippen LogP contribution >= 0.6 is 0 Å². The molecule has 6 nitrogen and oxygen atoms in total. The van der Waals surface area contributed by atoms with Gasteiger partial charge in [0.25, 0.3) is 0 Å². The summed E-state index contributed by atoms with van der Waals surface area (Å²) < 4.78 is 13.0. The molecule has 0 radical (unpaired) electrons. The summed E-state index contributed by atoms with van der Waals surface area (Å²) in [6, 6.07) is 6.78. The Balaban J connectivity index is 1.28. The second-order valence-corrected chi connectivity index (χ2v) is 8.08. The molecular formula is C22H33FN4O2. The SMILES string of the molecule is O=C(NCCCN1CCN(c2ccc(F)cc2)CC1)C(=O)NC1CCCCCC1. The molecule has 2 amide bonds. The van der Waals surface area contributed by atoms with Crippen LogP contribution in [0.5, 0.6) is 0 Å². The second kappa shape index (κ2) is 11.1. The van der Waals surface area contributed by atoms with Crippen molar-refractivity contribution in [2.24, 2.45) is 0 Å². The van der Waals surface area contributed by atoms with Crippen molar-refractivity contribution in [3.8, 4) is 0 Å². The van der Waals surface area contributed by atoms with Gasteiger partial charge in [-0.25, -0.2) is 4.39 Å². The number of benzene rings is 1. The maximum absolute atomic E-state index is 13.0. The van der Waals surface area contributed by atoms with E-state index >= 15 is 0 Å². The molecule has 2 N–H and O–H groups in total. The van der Waals surface area contributed by atoms with Gasteiger partial charge in [0.15, 0.2) is 0 Å². The fourth-order valence-electron chi connectivity index (χ4n) is 4.14. The number of nitrogens with zero attached hydrogens (tertiary/aromatic N) is 2. The summed E-state index contributed by atoms with van der Waals surface area (Å²) >= 11 is 0. The zero-order valence-corrected chi connectivity index (χ0v) is 17.2. The van der Waals surface area contributed by atoms with Gasteiger partial charge in [-0.15, -0.1) is 0 Å². The highest BCUT2D eigenvalue weighted by Gasteiger charge is 2.20. The molecule has 160 valence electrons. The molecule has 3 rings (SSSR count). The molecule has 29 heavy (non-hydrogen) atoms. The molecule has 0 aromatic heterocycles. The molecule has 1 aliphatic heterocycles. The molecule has 2 aliphatic rings. The van der Waals surface area contributed by atoms with Gasteiger partial charge in [-0.05, 0) is 50.1 Å². The lowest BCUT2D eigenvalue weighted by atomic mass is 10.1. The maximum Gasteiger partial charge on any atom is 0.309 e. The highest BCUT2D eigenvalue weighted by molar-refractivity contribution is 6.35.